The molecule has 3 amide bonds. The van der Waals surface area contributed by atoms with E-state index >= 15 is 0 Å². The predicted molar refractivity (Wildman–Crippen MR) is 149 cm³/mol. The molecule has 0 spiro atoms. The van der Waals surface area contributed by atoms with E-state index in [2.05, 4.69) is 5.32 Å². The molecule has 1 heterocycles. The van der Waals surface area contributed by atoms with Crippen LogP contribution in [0.15, 0.2) is 30.3 Å². The Morgan fingerprint density at radius 1 is 0.907 bits per heavy atom. The lowest BCUT2D eigenvalue weighted by Crippen LogP contribution is -2.54. The summed E-state index contributed by atoms with van der Waals surface area (Å²) in [6, 6.07) is 5.40. The standard InChI is InChI=1S/C29H32Cl2F6N2O4/c1-4-8-17-14-20(27(42,28(32,33)34)29(35,36)37)15-18(9-5-2)23(17)43-13-7-6-12-39-24(40)26(3,38-25(39)41)19-10-11-21(30)22(31)16-19/h10-11,14-16,42H,4-9,12-13H2,1-3H3,(H,38,41). The van der Waals surface area contributed by atoms with Gasteiger partial charge in [0.15, 0.2) is 0 Å². The van der Waals surface area contributed by atoms with Gasteiger partial charge in [-0.25, -0.2) is 4.79 Å². The molecule has 1 saturated heterocycles. The summed E-state index contributed by atoms with van der Waals surface area (Å²) in [6.07, 6.45) is -10.4. The molecule has 2 aromatic carbocycles. The van der Waals surface area contributed by atoms with Crippen molar-refractivity contribution in [3.8, 4) is 5.75 Å². The molecule has 2 aromatic rings. The number of aryl methyl sites for hydroxylation is 2. The first-order valence-electron chi connectivity index (χ1n) is 13.7. The summed E-state index contributed by atoms with van der Waals surface area (Å²) in [4.78, 5) is 26.8. The molecule has 238 valence electrons. The van der Waals surface area contributed by atoms with Crippen LogP contribution in [-0.4, -0.2) is 47.4 Å². The first-order valence-corrected chi connectivity index (χ1v) is 14.4. The smallest absolute Gasteiger partial charge is 0.430 e. The lowest BCUT2D eigenvalue weighted by molar-refractivity contribution is -0.376. The minimum Gasteiger partial charge on any atom is -0.493 e. The number of rotatable bonds is 12. The minimum atomic E-state index is -6.00. The quantitative estimate of drug-likeness (QED) is 0.139. The molecule has 14 heteroatoms. The summed E-state index contributed by atoms with van der Waals surface area (Å²) < 4.78 is 87.5. The van der Waals surface area contributed by atoms with Crippen molar-refractivity contribution in [1.29, 1.82) is 0 Å². The maximum Gasteiger partial charge on any atom is 0.430 e. The van der Waals surface area contributed by atoms with E-state index in [1.54, 1.807) is 26.8 Å². The fourth-order valence-corrected chi connectivity index (χ4v) is 5.29. The van der Waals surface area contributed by atoms with Gasteiger partial charge >= 0.3 is 18.4 Å². The summed E-state index contributed by atoms with van der Waals surface area (Å²) in [5.41, 5.74) is -7.04. The van der Waals surface area contributed by atoms with Gasteiger partial charge in [0.25, 0.3) is 11.5 Å². The molecule has 2 N–H and O–H groups in total. The van der Waals surface area contributed by atoms with E-state index in [0.717, 1.165) is 4.90 Å². The number of carbonyl (C=O) groups is 2. The van der Waals surface area contributed by atoms with Crippen LogP contribution in [0.5, 0.6) is 5.75 Å². The number of amides is 3. The SMILES string of the molecule is CCCc1cc(C(O)(C(F)(F)F)C(F)(F)F)cc(CCC)c1OCCCCN1C(=O)NC(C)(c2ccc(Cl)c(Cl)c2)C1=O. The highest BCUT2D eigenvalue weighted by molar-refractivity contribution is 6.42. The highest BCUT2D eigenvalue weighted by atomic mass is 35.5. The molecule has 1 aliphatic heterocycles. The lowest BCUT2D eigenvalue weighted by Gasteiger charge is -2.33. The second-order valence-electron chi connectivity index (χ2n) is 10.5. The number of unbranched alkanes of at least 4 members (excludes halogenated alkanes) is 1. The van der Waals surface area contributed by atoms with Crippen LogP contribution in [0.4, 0.5) is 31.1 Å². The van der Waals surface area contributed by atoms with Crippen molar-refractivity contribution in [3.05, 3.63) is 62.6 Å². The largest absolute Gasteiger partial charge is 0.493 e. The molecule has 43 heavy (non-hydrogen) atoms. The zero-order chi connectivity index (χ0) is 32.4. The average Bonchev–Trinajstić information content (AvgIpc) is 3.13. The van der Waals surface area contributed by atoms with Crippen molar-refractivity contribution < 1.29 is 45.8 Å². The number of hydrogen-bond acceptors (Lipinski definition) is 4. The maximum absolute atomic E-state index is 13.6. The predicted octanol–water partition coefficient (Wildman–Crippen LogP) is 7.84. The van der Waals surface area contributed by atoms with Crippen LogP contribution in [0.2, 0.25) is 10.0 Å². The maximum atomic E-state index is 13.6. The van der Waals surface area contributed by atoms with Crippen LogP contribution in [-0.2, 0) is 28.8 Å². The number of carbonyl (C=O) groups excluding carboxylic acids is 2. The van der Waals surface area contributed by atoms with Crippen molar-refractivity contribution in [3.63, 3.8) is 0 Å². The van der Waals surface area contributed by atoms with Gasteiger partial charge in [-0.15, -0.1) is 0 Å². The molecule has 1 unspecified atom stereocenters. The highest BCUT2D eigenvalue weighted by Gasteiger charge is 2.71. The Hall–Kier alpha value is -2.70. The molecule has 0 aliphatic carbocycles. The monoisotopic (exact) mass is 656 g/mol. The molecule has 0 aromatic heterocycles. The van der Waals surface area contributed by atoms with Crippen molar-refractivity contribution in [2.45, 2.75) is 82.8 Å². The van der Waals surface area contributed by atoms with E-state index in [1.807, 2.05) is 0 Å². The third kappa shape index (κ3) is 6.86. The summed E-state index contributed by atoms with van der Waals surface area (Å²) in [5.74, 6) is -0.328. The molecule has 0 saturated carbocycles. The van der Waals surface area contributed by atoms with Gasteiger partial charge < -0.3 is 15.2 Å². The topological polar surface area (TPSA) is 78.9 Å². The zero-order valence-electron chi connectivity index (χ0n) is 23.7. The molecule has 1 aliphatic rings. The summed E-state index contributed by atoms with van der Waals surface area (Å²) in [7, 11) is 0. The molecule has 3 rings (SSSR count). The van der Waals surface area contributed by atoms with Gasteiger partial charge in [-0.3, -0.25) is 9.69 Å². The minimum absolute atomic E-state index is 0.0172. The Morgan fingerprint density at radius 3 is 1.95 bits per heavy atom. The normalized spacial score (nSPS) is 17.9. The molecule has 1 atom stereocenters. The van der Waals surface area contributed by atoms with Gasteiger partial charge in [-0.1, -0.05) is 56.0 Å². The van der Waals surface area contributed by atoms with Gasteiger partial charge in [0.1, 0.15) is 11.3 Å². The van der Waals surface area contributed by atoms with Crippen LogP contribution >= 0.6 is 23.2 Å². The van der Waals surface area contributed by atoms with Crippen molar-refractivity contribution in [2.75, 3.05) is 13.2 Å². The van der Waals surface area contributed by atoms with Crippen molar-refractivity contribution >= 4 is 35.1 Å². The van der Waals surface area contributed by atoms with Crippen LogP contribution in [0.25, 0.3) is 0 Å². The fraction of sp³-hybridized carbons (Fsp3) is 0.517. The average molecular weight is 657 g/mol. The first kappa shape index (κ1) is 34.8. The van der Waals surface area contributed by atoms with Crippen LogP contribution < -0.4 is 10.1 Å². The number of aliphatic hydroxyl groups is 1. The molecular weight excluding hydrogens is 625 g/mol. The second-order valence-corrected chi connectivity index (χ2v) is 11.3. The number of imide groups is 1. The van der Waals surface area contributed by atoms with E-state index in [4.69, 9.17) is 27.9 Å². The highest BCUT2D eigenvalue weighted by Crippen LogP contribution is 2.51. The molecule has 6 nitrogen and oxygen atoms in total. The number of hydrogen-bond donors (Lipinski definition) is 2. The number of nitrogens with one attached hydrogen (secondary N) is 1. The van der Waals surface area contributed by atoms with Crippen LogP contribution in [0.3, 0.4) is 0 Å². The van der Waals surface area contributed by atoms with E-state index in [-0.39, 0.29) is 52.9 Å². The Morgan fingerprint density at radius 2 is 1.47 bits per heavy atom. The summed E-state index contributed by atoms with van der Waals surface area (Å²) >= 11 is 12.0. The van der Waals surface area contributed by atoms with Gasteiger partial charge in [0.05, 0.1) is 16.7 Å². The van der Waals surface area contributed by atoms with Gasteiger partial charge in [-0.05, 0) is 73.6 Å². The molecule has 0 radical (unpaired) electrons. The van der Waals surface area contributed by atoms with E-state index in [0.29, 0.717) is 43.4 Å². The fourth-order valence-electron chi connectivity index (χ4n) is 5.00. The van der Waals surface area contributed by atoms with Crippen molar-refractivity contribution in [1.82, 2.24) is 10.2 Å². The van der Waals surface area contributed by atoms with Crippen LogP contribution in [0, 0.1) is 0 Å². The molecule has 1 fully saturated rings. The summed E-state index contributed by atoms with van der Waals surface area (Å²) in [5, 5.41) is 13.2. The van der Waals surface area contributed by atoms with Gasteiger partial charge in [0.2, 0.25) is 0 Å². The number of alkyl halides is 6. The third-order valence-electron chi connectivity index (χ3n) is 7.31. The zero-order valence-corrected chi connectivity index (χ0v) is 25.2. The van der Waals surface area contributed by atoms with E-state index in [9.17, 15) is 41.0 Å². The number of halogens is 8. The van der Waals surface area contributed by atoms with Crippen molar-refractivity contribution in [2.24, 2.45) is 0 Å². The summed E-state index contributed by atoms with van der Waals surface area (Å²) in [6.45, 7) is 5.02. The second kappa shape index (κ2) is 13.1. The molecule has 0 bridgehead atoms. The number of ether oxygens (including phenoxy) is 1. The lowest BCUT2D eigenvalue weighted by atomic mass is 9.87. The number of nitrogens with zero attached hydrogens (tertiary/aromatic N) is 1. The first-order chi connectivity index (χ1) is 19.9. The van der Waals surface area contributed by atoms with E-state index in [1.165, 1.54) is 12.1 Å². The Kier molecular flexibility index (Phi) is 10.6. The van der Waals surface area contributed by atoms with Gasteiger partial charge in [0, 0.05) is 12.1 Å². The Labute approximate surface area is 255 Å². The molecular formula is C29H32Cl2F6N2O4. The third-order valence-corrected chi connectivity index (χ3v) is 8.05. The van der Waals surface area contributed by atoms with Gasteiger partial charge in [-0.2, -0.15) is 26.3 Å². The Balaban J connectivity index is 1.76. The van der Waals surface area contributed by atoms with E-state index < -0.39 is 41.0 Å². The van der Waals surface area contributed by atoms with Crippen LogP contribution in [0.1, 0.15) is 68.7 Å². The Bertz CT molecular complexity index is 1310. The number of urea groups is 1. The number of benzene rings is 2.